The summed E-state index contributed by atoms with van der Waals surface area (Å²) in [7, 11) is -3.03. The smallest absolute Gasteiger partial charge is 0.331 e. The van der Waals surface area contributed by atoms with Crippen LogP contribution in [-0.2, 0) is 13.6 Å². The minimum Gasteiger partial charge on any atom is -0.383 e. The van der Waals surface area contributed by atoms with Gasteiger partial charge in [0.2, 0.25) is 5.95 Å². The Balaban J connectivity index is 1.12. The first kappa shape index (κ1) is 35.4. The van der Waals surface area contributed by atoms with Crippen molar-refractivity contribution in [2.45, 2.75) is 90.5 Å². The molecule has 11 nitrogen and oxygen atoms in total. The predicted octanol–water partition coefficient (Wildman–Crippen LogP) is 4.96. The fourth-order valence-electron chi connectivity index (χ4n) is 6.95. The Morgan fingerprint density at radius 1 is 0.886 bits per heavy atom. The van der Waals surface area contributed by atoms with Crippen LogP contribution >= 0.6 is 7.60 Å². The van der Waals surface area contributed by atoms with E-state index in [9.17, 15) is 4.57 Å². The number of aromatic nitrogens is 2. The van der Waals surface area contributed by atoms with E-state index >= 15 is 0 Å². The number of nitrogens with two attached hydrogens (primary N) is 1. The molecule has 12 heteroatoms. The number of rotatable bonds is 18. The van der Waals surface area contributed by atoms with Gasteiger partial charge < -0.3 is 40.5 Å². The Kier molecular flexibility index (Phi) is 15.5. The summed E-state index contributed by atoms with van der Waals surface area (Å²) in [6, 6.07) is 2.65. The van der Waals surface area contributed by atoms with Gasteiger partial charge in [0.05, 0.1) is 19.4 Å². The van der Waals surface area contributed by atoms with E-state index in [1.807, 2.05) is 19.9 Å². The first-order chi connectivity index (χ1) is 21.5. The van der Waals surface area contributed by atoms with Gasteiger partial charge in [0.15, 0.2) is 0 Å². The molecule has 44 heavy (non-hydrogen) atoms. The highest BCUT2D eigenvalue weighted by Crippen LogP contribution is 2.47. The molecule has 0 radical (unpaired) electrons. The van der Waals surface area contributed by atoms with Crippen molar-refractivity contribution in [2.24, 2.45) is 11.8 Å². The van der Waals surface area contributed by atoms with Gasteiger partial charge >= 0.3 is 7.60 Å². The summed E-state index contributed by atoms with van der Waals surface area (Å²) in [6.45, 7) is 13.0. The minimum absolute atomic E-state index is 0.397. The highest BCUT2D eigenvalue weighted by molar-refractivity contribution is 7.53. The molecule has 2 saturated carbocycles. The van der Waals surface area contributed by atoms with Crippen LogP contribution in [0.15, 0.2) is 6.07 Å². The second-order valence-corrected chi connectivity index (χ2v) is 15.1. The second kappa shape index (κ2) is 19.2. The van der Waals surface area contributed by atoms with Crippen molar-refractivity contribution in [3.8, 4) is 0 Å². The molecule has 2 heterocycles. The number of nitrogen functional groups attached to an aromatic ring is 1. The Morgan fingerprint density at radius 2 is 1.61 bits per heavy atom. The van der Waals surface area contributed by atoms with Gasteiger partial charge in [0.1, 0.15) is 11.6 Å². The zero-order valence-corrected chi connectivity index (χ0v) is 28.5. The van der Waals surface area contributed by atoms with E-state index in [0.717, 1.165) is 76.6 Å². The topological polar surface area (TPSA) is 130 Å². The third-order valence-corrected chi connectivity index (χ3v) is 11.6. The number of anilines is 3. The molecule has 1 aromatic heterocycles. The number of nitrogens with one attached hydrogen (secondary N) is 3. The Morgan fingerprint density at radius 3 is 2.34 bits per heavy atom. The molecule has 0 amide bonds. The lowest BCUT2D eigenvalue weighted by molar-refractivity contribution is 0.213. The number of hydrogen-bond acceptors (Lipinski definition) is 11. The van der Waals surface area contributed by atoms with Gasteiger partial charge in [0.25, 0.3) is 0 Å². The molecule has 5 N–H and O–H groups in total. The molecule has 0 unspecified atom stereocenters. The summed E-state index contributed by atoms with van der Waals surface area (Å²) in [5.74, 6) is 3.44. The van der Waals surface area contributed by atoms with Crippen molar-refractivity contribution < 1.29 is 13.6 Å². The normalized spacial score (nSPS) is 22.6. The van der Waals surface area contributed by atoms with Gasteiger partial charge in [-0.1, -0.05) is 19.3 Å². The second-order valence-electron chi connectivity index (χ2n) is 12.9. The lowest BCUT2D eigenvalue weighted by Crippen LogP contribution is -2.34. The van der Waals surface area contributed by atoms with E-state index < -0.39 is 7.60 Å². The monoisotopic (exact) mass is 636 g/mol. The van der Waals surface area contributed by atoms with Crippen LogP contribution in [0.1, 0.15) is 84.5 Å². The van der Waals surface area contributed by atoms with Crippen LogP contribution in [0.4, 0.5) is 17.6 Å². The van der Waals surface area contributed by atoms with E-state index in [2.05, 4.69) is 30.7 Å². The molecule has 2 aliphatic carbocycles. The van der Waals surface area contributed by atoms with Crippen molar-refractivity contribution in [3.63, 3.8) is 0 Å². The number of hydrogen-bond donors (Lipinski definition) is 4. The van der Waals surface area contributed by atoms with Crippen LogP contribution in [-0.4, -0.2) is 99.2 Å². The first-order valence-electron chi connectivity index (χ1n) is 17.6. The zero-order valence-electron chi connectivity index (χ0n) is 27.6. The molecular formula is C32H61N8O3P. The Labute approximate surface area is 266 Å². The number of nitrogens with zero attached hydrogens (tertiary/aromatic N) is 4. The lowest BCUT2D eigenvalue weighted by atomic mass is 9.82. The third kappa shape index (κ3) is 12.4. The van der Waals surface area contributed by atoms with Crippen LogP contribution in [0.25, 0.3) is 0 Å². The average molecular weight is 637 g/mol. The van der Waals surface area contributed by atoms with E-state index in [-0.39, 0.29) is 0 Å². The maximum Gasteiger partial charge on any atom is 0.331 e. The fourth-order valence-corrected chi connectivity index (χ4v) is 8.60. The third-order valence-electron chi connectivity index (χ3n) is 9.50. The van der Waals surface area contributed by atoms with Gasteiger partial charge in [-0.3, -0.25) is 4.57 Å². The van der Waals surface area contributed by atoms with Gasteiger partial charge in [-0.15, -0.1) is 0 Å². The molecule has 0 bridgehead atoms. The maximum atomic E-state index is 12.9. The Hall–Kier alpha value is -1.49. The fraction of sp³-hybridized carbons (Fsp3) is 0.875. The maximum absolute atomic E-state index is 12.9. The molecule has 0 aromatic carbocycles. The van der Waals surface area contributed by atoms with E-state index in [1.54, 1.807) is 0 Å². The SMILES string of the molecule is CCOP(=O)(CCN1CCCN(c2cc(N)nc(NC[C@H]3CC[C@H](CNCCCNC4CCCCC4)CC3)n2)CC1)OCC. The molecule has 252 valence electrons. The van der Waals surface area contributed by atoms with E-state index in [4.69, 9.17) is 19.8 Å². The summed E-state index contributed by atoms with van der Waals surface area (Å²) in [5, 5.41) is 11.0. The van der Waals surface area contributed by atoms with Crippen LogP contribution in [0.5, 0.6) is 0 Å². The van der Waals surface area contributed by atoms with Gasteiger partial charge in [0, 0.05) is 44.8 Å². The van der Waals surface area contributed by atoms with Crippen LogP contribution in [0, 0.1) is 11.8 Å². The van der Waals surface area contributed by atoms with Crippen molar-refractivity contribution in [2.75, 3.05) is 94.2 Å². The van der Waals surface area contributed by atoms with Crippen molar-refractivity contribution in [3.05, 3.63) is 6.07 Å². The quantitative estimate of drug-likeness (QED) is 0.129. The van der Waals surface area contributed by atoms with E-state index in [1.165, 1.54) is 64.2 Å². The van der Waals surface area contributed by atoms with E-state index in [0.29, 0.717) is 43.6 Å². The molecular weight excluding hydrogens is 575 g/mol. The average Bonchev–Trinajstić information content (AvgIpc) is 3.28. The summed E-state index contributed by atoms with van der Waals surface area (Å²) < 4.78 is 23.8. The Bertz CT molecular complexity index is 980. The molecule has 4 rings (SSSR count). The molecule has 3 fully saturated rings. The zero-order chi connectivity index (χ0) is 31.0. The van der Waals surface area contributed by atoms with Crippen molar-refractivity contribution in [1.82, 2.24) is 25.5 Å². The molecule has 3 aliphatic rings. The standard InChI is InChI=1S/C32H61N8O3P/c1-3-42-44(41,43-4-2)23-22-39-18-9-19-40(21-20-39)31-24-30(33)37-32(38-31)36-26-28-14-12-27(13-15-28)25-34-16-8-17-35-29-10-6-5-7-11-29/h24,27-29,34-35H,3-23,25-26H2,1-2H3,(H3,33,36,37,38)/t27-,28-. The van der Waals surface area contributed by atoms with Crippen LogP contribution < -0.4 is 26.6 Å². The summed E-state index contributed by atoms with van der Waals surface area (Å²) in [6.07, 6.45) is 14.7. The first-order valence-corrected chi connectivity index (χ1v) is 19.4. The van der Waals surface area contributed by atoms with Crippen molar-refractivity contribution in [1.29, 1.82) is 0 Å². The van der Waals surface area contributed by atoms with Crippen molar-refractivity contribution >= 4 is 25.2 Å². The van der Waals surface area contributed by atoms with Crippen LogP contribution in [0.3, 0.4) is 0 Å². The van der Waals surface area contributed by atoms with Crippen LogP contribution in [0.2, 0.25) is 0 Å². The summed E-state index contributed by atoms with van der Waals surface area (Å²) >= 11 is 0. The summed E-state index contributed by atoms with van der Waals surface area (Å²) in [4.78, 5) is 14.0. The highest BCUT2D eigenvalue weighted by Gasteiger charge is 2.26. The summed E-state index contributed by atoms with van der Waals surface area (Å²) in [5.41, 5.74) is 6.23. The largest absolute Gasteiger partial charge is 0.383 e. The molecule has 1 saturated heterocycles. The molecule has 0 spiro atoms. The molecule has 1 aromatic rings. The predicted molar refractivity (Wildman–Crippen MR) is 182 cm³/mol. The minimum atomic E-state index is -3.03. The lowest BCUT2D eigenvalue weighted by Gasteiger charge is -2.29. The van der Waals surface area contributed by atoms with Gasteiger partial charge in [-0.25, -0.2) is 0 Å². The molecule has 0 atom stereocenters. The molecule has 1 aliphatic heterocycles. The van der Waals surface area contributed by atoms with Gasteiger partial charge in [-0.2, -0.15) is 9.97 Å². The highest BCUT2D eigenvalue weighted by atomic mass is 31.2. The van der Waals surface area contributed by atoms with Gasteiger partial charge in [-0.05, 0) is 103 Å².